The molecule has 1 saturated carbocycles. The molecule has 0 aromatic heterocycles. The minimum absolute atomic E-state index is 0.188. The molecular weight excluding hydrogens is 164 g/mol. The second kappa shape index (κ2) is 3.81. The van der Waals surface area contributed by atoms with E-state index in [9.17, 15) is 5.11 Å². The topological polar surface area (TPSA) is 29.5 Å². The van der Waals surface area contributed by atoms with Crippen molar-refractivity contribution in [3.8, 4) is 0 Å². The smallest absolute Gasteiger partial charge is 0.0686 e. The monoisotopic (exact) mass is 182 g/mol. The highest BCUT2D eigenvalue weighted by atomic mass is 16.5. The Balaban J connectivity index is 2.19. The van der Waals surface area contributed by atoms with Crippen molar-refractivity contribution < 1.29 is 9.84 Å². The molecular formula is C11H18O2. The Morgan fingerprint density at radius 3 is 3.00 bits per heavy atom. The van der Waals surface area contributed by atoms with Crippen LogP contribution in [0.3, 0.4) is 0 Å². The number of aliphatic hydroxyl groups excluding tert-OH is 1. The van der Waals surface area contributed by atoms with E-state index < -0.39 is 0 Å². The Morgan fingerprint density at radius 1 is 1.38 bits per heavy atom. The van der Waals surface area contributed by atoms with Crippen LogP contribution in [0.2, 0.25) is 0 Å². The summed E-state index contributed by atoms with van der Waals surface area (Å²) in [5.74, 6) is 0.902. The van der Waals surface area contributed by atoms with Crippen LogP contribution in [0.15, 0.2) is 12.2 Å². The molecule has 2 nitrogen and oxygen atoms in total. The van der Waals surface area contributed by atoms with Gasteiger partial charge in [0, 0.05) is 18.9 Å². The van der Waals surface area contributed by atoms with Crippen LogP contribution < -0.4 is 0 Å². The molecule has 2 aliphatic rings. The fraction of sp³-hybridized carbons (Fsp3) is 0.818. The van der Waals surface area contributed by atoms with Gasteiger partial charge in [-0.15, -0.1) is 0 Å². The molecule has 0 radical (unpaired) electrons. The first kappa shape index (κ1) is 9.22. The van der Waals surface area contributed by atoms with Crippen molar-refractivity contribution in [3.63, 3.8) is 0 Å². The largest absolute Gasteiger partial charge is 0.392 e. The summed E-state index contributed by atoms with van der Waals surface area (Å²) in [4.78, 5) is 0. The minimum atomic E-state index is -0.188. The molecule has 0 amide bonds. The first-order valence-electron chi connectivity index (χ1n) is 5.20. The summed E-state index contributed by atoms with van der Waals surface area (Å²) in [6, 6.07) is 0. The molecule has 0 aromatic carbocycles. The quantitative estimate of drug-likeness (QED) is 0.626. The molecule has 4 atom stereocenters. The normalized spacial score (nSPS) is 44.5. The lowest BCUT2D eigenvalue weighted by atomic mass is 9.77. The summed E-state index contributed by atoms with van der Waals surface area (Å²) >= 11 is 0. The molecule has 1 N–H and O–H groups in total. The zero-order valence-corrected chi connectivity index (χ0v) is 8.15. The molecule has 0 heterocycles. The molecule has 2 bridgehead atoms. The lowest BCUT2D eigenvalue weighted by molar-refractivity contribution is -0.0512. The van der Waals surface area contributed by atoms with E-state index in [1.54, 1.807) is 7.11 Å². The SMILES string of the molecule is CO[C@@H]1[C@H]2CCC[C@@H]1C=CC[C@@H]2O. The molecule has 1 fully saturated rings. The van der Waals surface area contributed by atoms with Crippen LogP contribution in [-0.2, 0) is 4.74 Å². The predicted octanol–water partition coefficient (Wildman–Crippen LogP) is 1.74. The third kappa shape index (κ3) is 1.65. The molecule has 0 saturated heterocycles. The van der Waals surface area contributed by atoms with Crippen LogP contribution in [-0.4, -0.2) is 24.4 Å². The van der Waals surface area contributed by atoms with Gasteiger partial charge in [0.15, 0.2) is 0 Å². The van der Waals surface area contributed by atoms with Gasteiger partial charge in [-0.3, -0.25) is 0 Å². The second-order valence-corrected chi connectivity index (χ2v) is 4.19. The van der Waals surface area contributed by atoms with Crippen LogP contribution in [0.5, 0.6) is 0 Å². The van der Waals surface area contributed by atoms with Gasteiger partial charge in [-0.2, -0.15) is 0 Å². The Morgan fingerprint density at radius 2 is 2.23 bits per heavy atom. The maximum atomic E-state index is 9.87. The van der Waals surface area contributed by atoms with E-state index >= 15 is 0 Å². The van der Waals surface area contributed by atoms with Crippen molar-refractivity contribution >= 4 is 0 Å². The zero-order chi connectivity index (χ0) is 9.26. The van der Waals surface area contributed by atoms with Crippen molar-refractivity contribution in [2.24, 2.45) is 11.8 Å². The van der Waals surface area contributed by atoms with Crippen LogP contribution in [0, 0.1) is 11.8 Å². The standard InChI is InChI=1S/C11H18O2/c1-13-11-8-4-2-6-9(11)10(12)7-3-5-8/h3,5,8-12H,2,4,6-7H2,1H3/t8-,9+,10+,11+/m1/s1. The summed E-state index contributed by atoms with van der Waals surface area (Å²) in [6.45, 7) is 0. The highest BCUT2D eigenvalue weighted by Crippen LogP contribution is 2.37. The lowest BCUT2D eigenvalue weighted by Gasteiger charge is -2.36. The first-order valence-corrected chi connectivity index (χ1v) is 5.20. The fourth-order valence-electron chi connectivity index (χ4n) is 2.77. The van der Waals surface area contributed by atoms with Crippen LogP contribution in [0.25, 0.3) is 0 Å². The predicted molar refractivity (Wildman–Crippen MR) is 51.4 cm³/mol. The number of hydrogen-bond donors (Lipinski definition) is 1. The van der Waals surface area contributed by atoms with E-state index in [0.29, 0.717) is 11.8 Å². The highest BCUT2D eigenvalue weighted by Gasteiger charge is 2.37. The van der Waals surface area contributed by atoms with Crippen LogP contribution in [0.4, 0.5) is 0 Å². The number of rotatable bonds is 1. The molecule has 0 aromatic rings. The van der Waals surface area contributed by atoms with E-state index in [2.05, 4.69) is 12.2 Å². The first-order chi connectivity index (χ1) is 6.33. The van der Waals surface area contributed by atoms with E-state index in [0.717, 1.165) is 12.8 Å². The lowest BCUT2D eigenvalue weighted by Crippen LogP contribution is -2.39. The van der Waals surface area contributed by atoms with Crippen molar-refractivity contribution in [2.45, 2.75) is 37.9 Å². The zero-order valence-electron chi connectivity index (χ0n) is 8.15. The van der Waals surface area contributed by atoms with Crippen LogP contribution >= 0.6 is 0 Å². The summed E-state index contributed by atoms with van der Waals surface area (Å²) in [5, 5.41) is 9.87. The van der Waals surface area contributed by atoms with Gasteiger partial charge >= 0.3 is 0 Å². The molecule has 74 valence electrons. The van der Waals surface area contributed by atoms with Gasteiger partial charge in [-0.05, 0) is 19.3 Å². The molecule has 0 unspecified atom stereocenters. The Bertz CT molecular complexity index is 200. The van der Waals surface area contributed by atoms with E-state index in [1.165, 1.54) is 12.8 Å². The van der Waals surface area contributed by atoms with Crippen LogP contribution in [0.1, 0.15) is 25.7 Å². The van der Waals surface area contributed by atoms with E-state index in [4.69, 9.17) is 4.74 Å². The Hall–Kier alpha value is -0.340. The number of ether oxygens (including phenoxy) is 1. The maximum Gasteiger partial charge on any atom is 0.0686 e. The highest BCUT2D eigenvalue weighted by molar-refractivity contribution is 5.03. The number of hydrogen-bond acceptors (Lipinski definition) is 2. The second-order valence-electron chi connectivity index (χ2n) is 4.19. The third-order valence-electron chi connectivity index (χ3n) is 3.45. The van der Waals surface area contributed by atoms with Crippen molar-refractivity contribution in [2.75, 3.05) is 7.11 Å². The van der Waals surface area contributed by atoms with Crippen molar-refractivity contribution in [1.29, 1.82) is 0 Å². The van der Waals surface area contributed by atoms with Gasteiger partial charge in [0.2, 0.25) is 0 Å². The summed E-state index contributed by atoms with van der Waals surface area (Å²) in [6.07, 6.45) is 8.80. The molecule has 2 rings (SSSR count). The average Bonchev–Trinajstić information content (AvgIpc) is 2.23. The summed E-state index contributed by atoms with van der Waals surface area (Å²) < 4.78 is 5.50. The van der Waals surface area contributed by atoms with Crippen molar-refractivity contribution in [1.82, 2.24) is 0 Å². The van der Waals surface area contributed by atoms with Gasteiger partial charge in [0.25, 0.3) is 0 Å². The molecule has 2 aliphatic carbocycles. The van der Waals surface area contributed by atoms with Gasteiger partial charge in [-0.25, -0.2) is 0 Å². The maximum absolute atomic E-state index is 9.87. The minimum Gasteiger partial charge on any atom is -0.392 e. The Kier molecular flexibility index (Phi) is 2.70. The molecule has 13 heavy (non-hydrogen) atoms. The van der Waals surface area contributed by atoms with Gasteiger partial charge in [0.1, 0.15) is 0 Å². The molecule has 0 spiro atoms. The third-order valence-corrected chi connectivity index (χ3v) is 3.45. The Labute approximate surface area is 79.6 Å². The van der Waals surface area contributed by atoms with Gasteiger partial charge in [-0.1, -0.05) is 18.6 Å². The van der Waals surface area contributed by atoms with Gasteiger partial charge < -0.3 is 9.84 Å². The number of fused-ring (bicyclic) bond motifs is 2. The molecule has 2 heteroatoms. The summed E-state index contributed by atoms with van der Waals surface area (Å²) in [5.41, 5.74) is 0. The van der Waals surface area contributed by atoms with Crippen molar-refractivity contribution in [3.05, 3.63) is 12.2 Å². The molecule has 0 aliphatic heterocycles. The number of methoxy groups -OCH3 is 1. The van der Waals surface area contributed by atoms with Gasteiger partial charge in [0.05, 0.1) is 12.2 Å². The van der Waals surface area contributed by atoms with E-state index in [-0.39, 0.29) is 12.2 Å². The number of aliphatic hydroxyl groups is 1. The fourth-order valence-corrected chi connectivity index (χ4v) is 2.77. The summed E-state index contributed by atoms with van der Waals surface area (Å²) in [7, 11) is 1.77. The average molecular weight is 182 g/mol. The van der Waals surface area contributed by atoms with E-state index in [1.807, 2.05) is 0 Å².